The maximum absolute atomic E-state index is 12.0. The number of hydrogen-bond acceptors (Lipinski definition) is 2. The van der Waals surface area contributed by atoms with E-state index in [1.165, 1.54) is 5.56 Å². The lowest BCUT2D eigenvalue weighted by Crippen LogP contribution is -2.26. The quantitative estimate of drug-likeness (QED) is 0.829. The van der Waals surface area contributed by atoms with Crippen molar-refractivity contribution in [2.24, 2.45) is 0 Å². The normalized spacial score (nSPS) is 11.1. The Hall–Kier alpha value is -2.55. The minimum atomic E-state index is -0.0302. The predicted molar refractivity (Wildman–Crippen MR) is 89.8 cm³/mol. The highest BCUT2D eigenvalue weighted by atomic mass is 16.5. The second-order valence-corrected chi connectivity index (χ2v) is 5.09. The van der Waals surface area contributed by atoms with Gasteiger partial charge in [-0.1, -0.05) is 42.5 Å². The van der Waals surface area contributed by atoms with Crippen molar-refractivity contribution >= 4 is 12.0 Å². The highest BCUT2D eigenvalue weighted by molar-refractivity contribution is 5.97. The standard InChI is InChI=1S/C19H21NO2/c1-15(14-17-6-4-3-5-7-17)19(21)20-13-12-16-8-10-18(22-2)11-9-16/h3-11,14H,12-13H2,1-2H3,(H,20,21)/b15-14+. The summed E-state index contributed by atoms with van der Waals surface area (Å²) < 4.78 is 5.12. The molecule has 2 aromatic rings. The molecule has 0 aromatic heterocycles. The van der Waals surface area contributed by atoms with Crippen LogP contribution in [0.5, 0.6) is 5.75 Å². The molecule has 0 aliphatic rings. The topological polar surface area (TPSA) is 38.3 Å². The molecule has 0 unspecified atom stereocenters. The van der Waals surface area contributed by atoms with Gasteiger partial charge < -0.3 is 10.1 Å². The summed E-state index contributed by atoms with van der Waals surface area (Å²) in [5, 5.41) is 2.94. The van der Waals surface area contributed by atoms with Crippen molar-refractivity contribution in [2.75, 3.05) is 13.7 Å². The zero-order chi connectivity index (χ0) is 15.8. The third kappa shape index (κ3) is 4.77. The van der Waals surface area contributed by atoms with Crippen LogP contribution < -0.4 is 10.1 Å². The maximum atomic E-state index is 12.0. The average molecular weight is 295 g/mol. The van der Waals surface area contributed by atoms with Crippen LogP contribution >= 0.6 is 0 Å². The molecule has 0 aliphatic carbocycles. The van der Waals surface area contributed by atoms with E-state index >= 15 is 0 Å². The number of amides is 1. The lowest BCUT2D eigenvalue weighted by Gasteiger charge is -2.06. The lowest BCUT2D eigenvalue weighted by atomic mass is 10.1. The predicted octanol–water partition coefficient (Wildman–Crippen LogP) is 3.46. The fourth-order valence-corrected chi connectivity index (χ4v) is 2.12. The van der Waals surface area contributed by atoms with Crippen LogP contribution in [0, 0.1) is 0 Å². The molecule has 0 saturated carbocycles. The van der Waals surface area contributed by atoms with Gasteiger partial charge >= 0.3 is 0 Å². The zero-order valence-electron chi connectivity index (χ0n) is 13.0. The first-order valence-corrected chi connectivity index (χ1v) is 7.33. The molecule has 22 heavy (non-hydrogen) atoms. The van der Waals surface area contributed by atoms with Gasteiger partial charge in [0.1, 0.15) is 5.75 Å². The second-order valence-electron chi connectivity index (χ2n) is 5.09. The third-order valence-corrected chi connectivity index (χ3v) is 3.40. The second kappa shape index (κ2) is 8.03. The van der Waals surface area contributed by atoms with E-state index in [-0.39, 0.29) is 5.91 Å². The van der Waals surface area contributed by atoms with E-state index in [2.05, 4.69) is 5.32 Å². The number of rotatable bonds is 6. The molecule has 0 bridgehead atoms. The van der Waals surface area contributed by atoms with Gasteiger partial charge in [0.2, 0.25) is 5.91 Å². The fourth-order valence-electron chi connectivity index (χ4n) is 2.12. The summed E-state index contributed by atoms with van der Waals surface area (Å²) in [7, 11) is 1.65. The Labute approximate surface area is 131 Å². The first-order chi connectivity index (χ1) is 10.7. The molecule has 2 rings (SSSR count). The van der Waals surface area contributed by atoms with Crippen LogP contribution in [0.1, 0.15) is 18.1 Å². The van der Waals surface area contributed by atoms with E-state index in [1.54, 1.807) is 7.11 Å². The van der Waals surface area contributed by atoms with Crippen LogP contribution in [0.25, 0.3) is 6.08 Å². The van der Waals surface area contributed by atoms with Crippen molar-refractivity contribution in [3.63, 3.8) is 0 Å². The highest BCUT2D eigenvalue weighted by Crippen LogP contribution is 2.11. The van der Waals surface area contributed by atoms with Gasteiger partial charge in [0.15, 0.2) is 0 Å². The number of nitrogens with one attached hydrogen (secondary N) is 1. The minimum absolute atomic E-state index is 0.0302. The van der Waals surface area contributed by atoms with E-state index in [4.69, 9.17) is 4.74 Å². The molecule has 0 saturated heterocycles. The third-order valence-electron chi connectivity index (χ3n) is 3.40. The molecule has 0 radical (unpaired) electrons. The molecule has 1 N–H and O–H groups in total. The largest absolute Gasteiger partial charge is 0.497 e. The molecule has 3 heteroatoms. The number of ether oxygens (including phenoxy) is 1. The summed E-state index contributed by atoms with van der Waals surface area (Å²) in [6, 6.07) is 17.7. The SMILES string of the molecule is COc1ccc(CCNC(=O)/C(C)=C/c2ccccc2)cc1. The van der Waals surface area contributed by atoms with Gasteiger partial charge in [0.25, 0.3) is 0 Å². The summed E-state index contributed by atoms with van der Waals surface area (Å²) in [4.78, 5) is 12.0. The molecule has 0 aliphatic heterocycles. The number of hydrogen-bond donors (Lipinski definition) is 1. The zero-order valence-corrected chi connectivity index (χ0v) is 13.0. The molecule has 0 atom stereocenters. The van der Waals surface area contributed by atoms with Crippen LogP contribution in [0.3, 0.4) is 0 Å². The molecular weight excluding hydrogens is 274 g/mol. The van der Waals surface area contributed by atoms with Gasteiger partial charge in [0, 0.05) is 12.1 Å². The summed E-state index contributed by atoms with van der Waals surface area (Å²) in [6.07, 6.45) is 2.69. The maximum Gasteiger partial charge on any atom is 0.246 e. The average Bonchev–Trinajstić information content (AvgIpc) is 2.56. The highest BCUT2D eigenvalue weighted by Gasteiger charge is 2.03. The van der Waals surface area contributed by atoms with Gasteiger partial charge in [-0.25, -0.2) is 0 Å². The van der Waals surface area contributed by atoms with E-state index in [0.29, 0.717) is 12.1 Å². The smallest absolute Gasteiger partial charge is 0.246 e. The van der Waals surface area contributed by atoms with Crippen LogP contribution in [0.2, 0.25) is 0 Å². The van der Waals surface area contributed by atoms with Crippen LogP contribution in [0.15, 0.2) is 60.2 Å². The summed E-state index contributed by atoms with van der Waals surface area (Å²) >= 11 is 0. The lowest BCUT2D eigenvalue weighted by molar-refractivity contribution is -0.117. The Morgan fingerprint density at radius 1 is 1.09 bits per heavy atom. The first-order valence-electron chi connectivity index (χ1n) is 7.33. The number of carbonyl (C=O) groups is 1. The van der Waals surface area contributed by atoms with Crippen molar-refractivity contribution in [1.29, 1.82) is 0 Å². The fraction of sp³-hybridized carbons (Fsp3) is 0.211. The molecule has 114 valence electrons. The first kappa shape index (κ1) is 15.8. The Morgan fingerprint density at radius 2 is 1.77 bits per heavy atom. The van der Waals surface area contributed by atoms with Gasteiger partial charge in [-0.2, -0.15) is 0 Å². The van der Waals surface area contributed by atoms with E-state index in [0.717, 1.165) is 17.7 Å². The number of methoxy groups -OCH3 is 1. The van der Waals surface area contributed by atoms with E-state index in [9.17, 15) is 4.79 Å². The molecular formula is C19H21NO2. The number of benzene rings is 2. The van der Waals surface area contributed by atoms with Gasteiger partial charge in [0.05, 0.1) is 7.11 Å². The van der Waals surface area contributed by atoms with Crippen molar-refractivity contribution in [2.45, 2.75) is 13.3 Å². The molecule has 2 aromatic carbocycles. The summed E-state index contributed by atoms with van der Waals surface area (Å²) in [6.45, 7) is 2.45. The Balaban J connectivity index is 1.83. The number of carbonyl (C=O) groups excluding carboxylic acids is 1. The van der Waals surface area contributed by atoms with Gasteiger partial charge in [-0.05, 0) is 42.7 Å². The molecule has 0 fully saturated rings. The Morgan fingerprint density at radius 3 is 2.41 bits per heavy atom. The molecule has 3 nitrogen and oxygen atoms in total. The van der Waals surface area contributed by atoms with Crippen LogP contribution in [-0.2, 0) is 11.2 Å². The summed E-state index contributed by atoms with van der Waals surface area (Å²) in [5.74, 6) is 0.812. The molecule has 1 amide bonds. The summed E-state index contributed by atoms with van der Waals surface area (Å²) in [5.41, 5.74) is 2.91. The van der Waals surface area contributed by atoms with Crippen molar-refractivity contribution in [3.05, 3.63) is 71.3 Å². The van der Waals surface area contributed by atoms with Crippen molar-refractivity contribution in [3.8, 4) is 5.75 Å². The van der Waals surface area contributed by atoms with Gasteiger partial charge in [-0.3, -0.25) is 4.79 Å². The van der Waals surface area contributed by atoms with Gasteiger partial charge in [-0.15, -0.1) is 0 Å². The molecule has 0 spiro atoms. The Kier molecular flexibility index (Phi) is 5.78. The van der Waals surface area contributed by atoms with Crippen LogP contribution in [0.4, 0.5) is 0 Å². The Bertz CT molecular complexity index is 630. The van der Waals surface area contributed by atoms with Crippen LogP contribution in [-0.4, -0.2) is 19.6 Å². The van der Waals surface area contributed by atoms with Crippen molar-refractivity contribution in [1.82, 2.24) is 5.32 Å². The monoisotopic (exact) mass is 295 g/mol. The van der Waals surface area contributed by atoms with Crippen molar-refractivity contribution < 1.29 is 9.53 Å². The molecule has 0 heterocycles. The van der Waals surface area contributed by atoms with E-state index < -0.39 is 0 Å². The minimum Gasteiger partial charge on any atom is -0.497 e. The van der Waals surface area contributed by atoms with E-state index in [1.807, 2.05) is 67.6 Å².